The van der Waals surface area contributed by atoms with E-state index in [2.05, 4.69) is 37.5 Å². The van der Waals surface area contributed by atoms with Crippen LogP contribution in [0.1, 0.15) is 22.5 Å². The molecule has 1 aromatic heterocycles. The molecule has 1 atom stereocenters. The summed E-state index contributed by atoms with van der Waals surface area (Å²) in [7, 11) is -3.51. The van der Waals surface area contributed by atoms with Gasteiger partial charge in [-0.05, 0) is 43.3 Å². The fourth-order valence-electron chi connectivity index (χ4n) is 3.95. The summed E-state index contributed by atoms with van der Waals surface area (Å²) in [6.45, 7) is 3.82. The lowest BCUT2D eigenvalue weighted by Crippen LogP contribution is -2.40. The number of nitrogens with zero attached hydrogens (tertiary/aromatic N) is 4. The second-order valence-corrected chi connectivity index (χ2v) is 11.3. The largest absolute Gasteiger partial charge is 0.379 e. The monoisotopic (exact) mass is 556 g/mol. The molecule has 1 amide bonds. The molecule has 0 saturated carbocycles. The number of carbonyl (C=O) groups excluding carboxylic acids is 1. The summed E-state index contributed by atoms with van der Waals surface area (Å²) in [5.74, 6) is -0.0202. The summed E-state index contributed by atoms with van der Waals surface area (Å²) >= 11 is 3.44. The fraction of sp³-hybridized carbons (Fsp3) is 0.292. The zero-order chi connectivity index (χ0) is 24.8. The molecule has 2 N–H and O–H groups in total. The van der Waals surface area contributed by atoms with Crippen LogP contribution in [-0.4, -0.2) is 46.7 Å². The molecule has 0 spiro atoms. The van der Waals surface area contributed by atoms with Gasteiger partial charge in [0.2, 0.25) is 0 Å². The van der Waals surface area contributed by atoms with Crippen molar-refractivity contribution < 1.29 is 14.1 Å². The highest BCUT2D eigenvalue weighted by molar-refractivity contribution is 9.10. The fourth-order valence-corrected chi connectivity index (χ4v) is 6.92. The molecule has 0 unspecified atom stereocenters. The molecule has 11 heteroatoms. The third-order valence-electron chi connectivity index (χ3n) is 5.61. The van der Waals surface area contributed by atoms with Gasteiger partial charge in [-0.3, -0.25) is 9.36 Å². The maximum Gasteiger partial charge on any atom is 0.272 e. The molecule has 3 aromatic rings. The third kappa shape index (κ3) is 5.65. The minimum absolute atomic E-state index is 0.191. The predicted molar refractivity (Wildman–Crippen MR) is 139 cm³/mol. The molecule has 182 valence electrons. The molecule has 4 rings (SSSR count). The van der Waals surface area contributed by atoms with Gasteiger partial charge in [-0.15, -0.1) is 0 Å². The SMILES string of the molecule is Cc1nn(CCC#N)c(NC(=O)c2ccccc2)c1[P@@](=O)(Nc1ccc(Br)cc1)N1CCOCC1. The second kappa shape index (κ2) is 11.2. The molecule has 1 fully saturated rings. The Balaban J connectivity index is 1.82. The highest BCUT2D eigenvalue weighted by Gasteiger charge is 2.40. The lowest BCUT2D eigenvalue weighted by atomic mass is 10.2. The van der Waals surface area contributed by atoms with Crippen LogP contribution in [-0.2, 0) is 15.8 Å². The first-order valence-corrected chi connectivity index (χ1v) is 13.7. The lowest BCUT2D eigenvalue weighted by Gasteiger charge is -2.35. The molecule has 2 aromatic carbocycles. The minimum atomic E-state index is -3.51. The van der Waals surface area contributed by atoms with Crippen molar-refractivity contribution in [2.24, 2.45) is 0 Å². The number of aromatic nitrogens is 2. The van der Waals surface area contributed by atoms with Crippen molar-refractivity contribution in [2.45, 2.75) is 19.9 Å². The number of halogens is 1. The molecule has 0 bridgehead atoms. The number of carbonyl (C=O) groups is 1. The molecule has 2 heterocycles. The zero-order valence-electron chi connectivity index (χ0n) is 19.3. The van der Waals surface area contributed by atoms with E-state index < -0.39 is 7.44 Å². The normalized spacial score (nSPS) is 15.7. The Morgan fingerprint density at radius 1 is 1.17 bits per heavy atom. The van der Waals surface area contributed by atoms with Gasteiger partial charge in [0.15, 0.2) is 0 Å². The number of aryl methyl sites for hydroxylation is 2. The number of anilines is 2. The van der Waals surface area contributed by atoms with Crippen LogP contribution in [0.25, 0.3) is 0 Å². The van der Waals surface area contributed by atoms with Crippen molar-refractivity contribution in [1.82, 2.24) is 14.5 Å². The number of morpholine rings is 1. The number of amides is 1. The topological polar surface area (TPSA) is 112 Å². The van der Waals surface area contributed by atoms with Crippen LogP contribution >= 0.6 is 23.4 Å². The standard InChI is InChI=1S/C24H26BrN6O3P/c1-18-22(23(31(28-18)13-5-12-26)27-24(32)19-6-3-2-4-7-19)35(33,30-14-16-34-17-15-30)29-21-10-8-20(25)9-11-21/h2-4,6-11H,5,13-17H2,1H3,(H,27,32)(H,29,33)/t35-/m1/s1. The van der Waals surface area contributed by atoms with Crippen molar-refractivity contribution >= 4 is 46.1 Å². The van der Waals surface area contributed by atoms with Gasteiger partial charge in [-0.25, -0.2) is 9.35 Å². The van der Waals surface area contributed by atoms with Crippen molar-refractivity contribution in [3.63, 3.8) is 0 Å². The Bertz CT molecular complexity index is 1270. The maximum absolute atomic E-state index is 14.9. The number of ether oxygens (including phenoxy) is 1. The quantitative estimate of drug-likeness (QED) is 0.396. The molecule has 1 aliphatic rings. The van der Waals surface area contributed by atoms with E-state index in [-0.39, 0.29) is 18.9 Å². The molecular formula is C24H26BrN6O3P. The first kappa shape index (κ1) is 25.1. The summed E-state index contributed by atoms with van der Waals surface area (Å²) in [6, 6.07) is 18.3. The van der Waals surface area contributed by atoms with Crippen LogP contribution in [0.2, 0.25) is 0 Å². The van der Waals surface area contributed by atoms with Crippen molar-refractivity contribution in [3.05, 3.63) is 70.3 Å². The van der Waals surface area contributed by atoms with Gasteiger partial charge >= 0.3 is 0 Å². The Morgan fingerprint density at radius 3 is 2.51 bits per heavy atom. The van der Waals surface area contributed by atoms with Crippen LogP contribution in [0.4, 0.5) is 11.5 Å². The summed E-state index contributed by atoms with van der Waals surface area (Å²) in [5, 5.41) is 20.4. The average Bonchev–Trinajstić information content (AvgIpc) is 3.20. The maximum atomic E-state index is 14.9. The zero-order valence-corrected chi connectivity index (χ0v) is 21.8. The van der Waals surface area contributed by atoms with E-state index in [1.807, 2.05) is 35.0 Å². The van der Waals surface area contributed by atoms with Gasteiger partial charge in [0, 0.05) is 28.8 Å². The minimum Gasteiger partial charge on any atom is -0.379 e. The summed E-state index contributed by atoms with van der Waals surface area (Å²) in [4.78, 5) is 13.1. The number of nitriles is 1. The van der Waals surface area contributed by atoms with Gasteiger partial charge in [0.1, 0.15) is 11.1 Å². The predicted octanol–water partition coefficient (Wildman–Crippen LogP) is 4.38. The molecule has 0 aliphatic carbocycles. The van der Waals surface area contributed by atoms with Crippen LogP contribution < -0.4 is 15.7 Å². The second-order valence-electron chi connectivity index (χ2n) is 7.99. The van der Waals surface area contributed by atoms with Gasteiger partial charge < -0.3 is 15.1 Å². The van der Waals surface area contributed by atoms with E-state index in [9.17, 15) is 9.36 Å². The summed E-state index contributed by atoms with van der Waals surface area (Å²) in [5.41, 5.74) is 1.66. The van der Waals surface area contributed by atoms with E-state index in [0.29, 0.717) is 54.4 Å². The van der Waals surface area contributed by atoms with Gasteiger partial charge in [0.25, 0.3) is 13.4 Å². The molecule has 0 radical (unpaired) electrons. The highest BCUT2D eigenvalue weighted by atomic mass is 79.9. The Kier molecular flexibility index (Phi) is 8.04. The number of rotatable bonds is 8. The molecule has 9 nitrogen and oxygen atoms in total. The molecule has 35 heavy (non-hydrogen) atoms. The van der Waals surface area contributed by atoms with Gasteiger partial charge in [-0.2, -0.15) is 10.4 Å². The Morgan fingerprint density at radius 2 is 1.86 bits per heavy atom. The molecular weight excluding hydrogens is 531 g/mol. The van der Waals surface area contributed by atoms with Crippen LogP contribution in [0.3, 0.4) is 0 Å². The van der Waals surface area contributed by atoms with Crippen molar-refractivity contribution in [2.75, 3.05) is 36.7 Å². The number of hydrogen-bond acceptors (Lipinski definition) is 5. The third-order valence-corrected chi connectivity index (χ3v) is 9.04. The van der Waals surface area contributed by atoms with E-state index in [0.717, 1.165) is 4.47 Å². The van der Waals surface area contributed by atoms with E-state index in [1.165, 1.54) is 0 Å². The summed E-state index contributed by atoms with van der Waals surface area (Å²) < 4.78 is 24.8. The number of benzene rings is 2. The highest BCUT2D eigenvalue weighted by Crippen LogP contribution is 2.51. The smallest absolute Gasteiger partial charge is 0.272 e. The van der Waals surface area contributed by atoms with Crippen LogP contribution in [0, 0.1) is 18.3 Å². The molecule has 1 saturated heterocycles. The van der Waals surface area contributed by atoms with Gasteiger partial charge in [0.05, 0.1) is 37.9 Å². The van der Waals surface area contributed by atoms with E-state index >= 15 is 0 Å². The Hall–Kier alpha value is -2.96. The van der Waals surface area contributed by atoms with E-state index in [1.54, 1.807) is 35.9 Å². The average molecular weight is 557 g/mol. The molecule has 1 aliphatic heterocycles. The number of hydrogen-bond donors (Lipinski definition) is 2. The van der Waals surface area contributed by atoms with Gasteiger partial charge in [-0.1, -0.05) is 34.1 Å². The van der Waals surface area contributed by atoms with E-state index in [4.69, 9.17) is 10.00 Å². The lowest BCUT2D eigenvalue weighted by molar-refractivity contribution is 0.0729. The van der Waals surface area contributed by atoms with Crippen molar-refractivity contribution in [1.29, 1.82) is 5.26 Å². The number of nitrogens with one attached hydrogen (secondary N) is 2. The summed E-state index contributed by atoms with van der Waals surface area (Å²) in [6.07, 6.45) is 0.191. The van der Waals surface area contributed by atoms with Crippen molar-refractivity contribution in [3.8, 4) is 6.07 Å². The van der Waals surface area contributed by atoms with Crippen LogP contribution in [0.15, 0.2) is 59.1 Å². The first-order valence-electron chi connectivity index (χ1n) is 11.2. The first-order chi connectivity index (χ1) is 16.9. The van der Waals surface area contributed by atoms with Crippen LogP contribution in [0.5, 0.6) is 0 Å². The Labute approximate surface area is 212 Å².